The minimum Gasteiger partial charge on any atom is -0.393 e. The van der Waals surface area contributed by atoms with E-state index < -0.39 is 0 Å². The number of rotatable bonds is 1. The van der Waals surface area contributed by atoms with Crippen molar-refractivity contribution in [3.63, 3.8) is 0 Å². The number of aliphatic hydroxyl groups excluding tert-OH is 1. The van der Waals surface area contributed by atoms with Gasteiger partial charge in [-0.25, -0.2) is 0 Å². The second-order valence-corrected chi connectivity index (χ2v) is 1.67. The van der Waals surface area contributed by atoms with Crippen LogP contribution in [0.4, 0.5) is 0 Å². The van der Waals surface area contributed by atoms with Gasteiger partial charge in [0.05, 0.1) is 6.10 Å². The maximum Gasteiger partial charge on any atom is 0.0509 e. The summed E-state index contributed by atoms with van der Waals surface area (Å²) in [7, 11) is 0. The Kier molecular flexibility index (Phi) is 85.8. The summed E-state index contributed by atoms with van der Waals surface area (Å²) >= 11 is 0. The molecule has 1 heteroatoms. The molecule has 0 aliphatic rings. The molecule has 0 rings (SSSR count). The molecule has 0 saturated carbocycles. The Morgan fingerprint density at radius 2 is 1.33 bits per heavy atom. The third-order valence-electron chi connectivity index (χ3n) is 0.591. The Balaban J connectivity index is -0.0000000397. The van der Waals surface area contributed by atoms with Crippen LogP contribution in [0.2, 0.25) is 0 Å². The van der Waals surface area contributed by atoms with Gasteiger partial charge >= 0.3 is 0 Å². The molecule has 0 aromatic heterocycles. The Morgan fingerprint density at radius 1 is 1.25 bits per heavy atom. The van der Waals surface area contributed by atoms with Crippen molar-refractivity contribution in [3.8, 4) is 0 Å². The first kappa shape index (κ1) is 22.6. The molecule has 0 aromatic rings. The lowest BCUT2D eigenvalue weighted by atomic mass is 10.3. The number of hydrogen-bond acceptors (Lipinski definition) is 1. The first-order valence-corrected chi connectivity index (χ1v) is 4.94. The van der Waals surface area contributed by atoms with E-state index in [4.69, 9.17) is 5.11 Å². The van der Waals surface area contributed by atoms with Crippen molar-refractivity contribution < 1.29 is 5.11 Å². The van der Waals surface area contributed by atoms with Crippen LogP contribution < -0.4 is 0 Å². The lowest BCUT2D eigenvalue weighted by Gasteiger charge is -1.90. The van der Waals surface area contributed by atoms with E-state index >= 15 is 0 Å². The quantitative estimate of drug-likeness (QED) is 0.598. The topological polar surface area (TPSA) is 20.2 Å². The van der Waals surface area contributed by atoms with Gasteiger partial charge in [0.2, 0.25) is 0 Å². The summed E-state index contributed by atoms with van der Waals surface area (Å²) < 4.78 is 0. The maximum atomic E-state index is 8.36. The van der Waals surface area contributed by atoms with Crippen molar-refractivity contribution in [1.29, 1.82) is 0 Å². The zero-order valence-corrected chi connectivity index (χ0v) is 10.0. The third-order valence-corrected chi connectivity index (χ3v) is 0.591. The van der Waals surface area contributed by atoms with Gasteiger partial charge in [0, 0.05) is 0 Å². The van der Waals surface area contributed by atoms with Gasteiger partial charge in [0.25, 0.3) is 0 Å². The fraction of sp³-hybridized carbons (Fsp3) is 0.818. The number of aliphatic hydroxyl groups is 1. The number of hydrogen-bond donors (Lipinski definition) is 1. The van der Waals surface area contributed by atoms with Crippen LogP contribution in [-0.2, 0) is 0 Å². The van der Waals surface area contributed by atoms with Gasteiger partial charge in [0.15, 0.2) is 0 Å². The summed E-state index contributed by atoms with van der Waals surface area (Å²) in [6.45, 7) is 17.0. The van der Waals surface area contributed by atoms with Crippen LogP contribution >= 0.6 is 0 Å². The monoisotopic (exact) mass is 176 g/mol. The average Bonchev–Trinajstić information content (AvgIpc) is 2.13. The average molecular weight is 176 g/mol. The summed E-state index contributed by atoms with van der Waals surface area (Å²) in [5.41, 5.74) is 0. The fourth-order valence-electron chi connectivity index (χ4n) is 0. The normalized spacial score (nSPS) is 8.33. The van der Waals surface area contributed by atoms with Crippen molar-refractivity contribution in [2.24, 2.45) is 0 Å². The van der Waals surface area contributed by atoms with Crippen molar-refractivity contribution in [2.75, 3.05) is 0 Å². The minimum absolute atomic E-state index is 0.116. The molecule has 0 spiro atoms. The van der Waals surface area contributed by atoms with Crippen LogP contribution in [0.25, 0.3) is 0 Å². The Morgan fingerprint density at radius 3 is 1.33 bits per heavy atom. The molecular formula is C11H28O. The van der Waals surface area contributed by atoms with Crippen LogP contribution in [0.5, 0.6) is 0 Å². The SMILES string of the molecule is C=CC.CC.CC.CCC(C)O. The second kappa shape index (κ2) is 45.6. The summed E-state index contributed by atoms with van der Waals surface area (Å²) in [4.78, 5) is 0. The summed E-state index contributed by atoms with van der Waals surface area (Å²) in [5.74, 6) is 0. The molecule has 0 bridgehead atoms. The van der Waals surface area contributed by atoms with E-state index in [1.807, 2.05) is 41.5 Å². The van der Waals surface area contributed by atoms with Crippen molar-refractivity contribution in [3.05, 3.63) is 12.7 Å². The highest BCUT2D eigenvalue weighted by Gasteiger charge is 1.81. The van der Waals surface area contributed by atoms with Crippen LogP contribution in [0.3, 0.4) is 0 Å². The summed E-state index contributed by atoms with van der Waals surface area (Å²) in [6, 6.07) is 0. The molecule has 1 unspecified atom stereocenters. The molecule has 0 saturated heterocycles. The number of allylic oxidation sites excluding steroid dienone is 1. The molecule has 1 nitrogen and oxygen atoms in total. The lowest BCUT2D eigenvalue weighted by molar-refractivity contribution is 0.191. The first-order chi connectivity index (χ1) is 5.68. The lowest BCUT2D eigenvalue weighted by Crippen LogP contribution is -1.93. The van der Waals surface area contributed by atoms with Gasteiger partial charge in [-0.05, 0) is 20.3 Å². The van der Waals surface area contributed by atoms with Gasteiger partial charge in [-0.3, -0.25) is 0 Å². The van der Waals surface area contributed by atoms with Gasteiger partial charge in [0.1, 0.15) is 0 Å². The largest absolute Gasteiger partial charge is 0.393 e. The molecule has 0 radical (unpaired) electrons. The van der Waals surface area contributed by atoms with Crippen LogP contribution in [0.1, 0.15) is 54.9 Å². The van der Waals surface area contributed by atoms with Crippen LogP contribution in [0, 0.1) is 0 Å². The van der Waals surface area contributed by atoms with Crippen molar-refractivity contribution in [1.82, 2.24) is 0 Å². The van der Waals surface area contributed by atoms with E-state index in [1.54, 1.807) is 13.0 Å². The van der Waals surface area contributed by atoms with E-state index in [0.717, 1.165) is 6.42 Å². The standard InChI is InChI=1S/C4H10O.C3H6.2C2H6/c1-3-4(2)5;1-3-2;2*1-2/h4-5H,3H2,1-2H3;3H,1H2,2H3;2*1-2H3. The van der Waals surface area contributed by atoms with Gasteiger partial charge in [-0.15, -0.1) is 6.58 Å². The third kappa shape index (κ3) is 254. The first-order valence-electron chi connectivity index (χ1n) is 4.94. The maximum absolute atomic E-state index is 8.36. The predicted octanol–water partition coefficient (Wildman–Crippen LogP) is 4.02. The Labute approximate surface area is 79.5 Å². The van der Waals surface area contributed by atoms with E-state index in [2.05, 4.69) is 6.58 Å². The summed E-state index contributed by atoms with van der Waals surface area (Å²) in [5, 5.41) is 8.36. The molecule has 1 N–H and O–H groups in total. The molecule has 0 aromatic carbocycles. The Bertz CT molecular complexity index is 40.3. The molecule has 0 heterocycles. The predicted molar refractivity (Wildman–Crippen MR) is 60.5 cm³/mol. The molecule has 1 atom stereocenters. The highest BCUT2D eigenvalue weighted by molar-refractivity contribution is 4.51. The molecule has 0 amide bonds. The van der Waals surface area contributed by atoms with E-state index in [0.29, 0.717) is 0 Å². The van der Waals surface area contributed by atoms with Gasteiger partial charge in [-0.1, -0.05) is 40.7 Å². The van der Waals surface area contributed by atoms with Gasteiger partial charge in [-0.2, -0.15) is 0 Å². The molecule has 0 aliphatic heterocycles. The molecule has 12 heavy (non-hydrogen) atoms. The van der Waals surface area contributed by atoms with E-state index in [1.165, 1.54) is 0 Å². The Hall–Kier alpha value is -0.300. The van der Waals surface area contributed by atoms with E-state index in [9.17, 15) is 0 Å². The second-order valence-electron chi connectivity index (χ2n) is 1.67. The highest BCUT2D eigenvalue weighted by Crippen LogP contribution is 1.81. The van der Waals surface area contributed by atoms with Crippen molar-refractivity contribution >= 4 is 0 Å². The molecular weight excluding hydrogens is 148 g/mol. The molecule has 0 fully saturated rings. The molecule has 0 aliphatic carbocycles. The van der Waals surface area contributed by atoms with E-state index in [-0.39, 0.29) is 6.10 Å². The summed E-state index contributed by atoms with van der Waals surface area (Å²) in [6.07, 6.45) is 2.50. The van der Waals surface area contributed by atoms with Crippen LogP contribution in [-0.4, -0.2) is 11.2 Å². The van der Waals surface area contributed by atoms with Gasteiger partial charge < -0.3 is 5.11 Å². The fourth-order valence-corrected chi connectivity index (χ4v) is 0. The van der Waals surface area contributed by atoms with Crippen LogP contribution in [0.15, 0.2) is 12.7 Å². The minimum atomic E-state index is -0.116. The van der Waals surface area contributed by atoms with Crippen molar-refractivity contribution in [2.45, 2.75) is 61.0 Å². The highest BCUT2D eigenvalue weighted by atomic mass is 16.3. The zero-order valence-electron chi connectivity index (χ0n) is 10.0. The molecule has 78 valence electrons. The zero-order chi connectivity index (χ0) is 11.0. The smallest absolute Gasteiger partial charge is 0.0509 e.